The molecule has 0 spiro atoms. The van der Waals surface area contributed by atoms with Gasteiger partial charge < -0.3 is 5.11 Å². The topological polar surface area (TPSA) is 74.7 Å². The Morgan fingerprint density at radius 3 is 2.14 bits per heavy atom. The molecule has 2 unspecified atom stereocenters. The first kappa shape index (κ1) is 14.3. The molecule has 2 aliphatic rings. The van der Waals surface area contributed by atoms with Gasteiger partial charge in [0.15, 0.2) is 0 Å². The summed E-state index contributed by atoms with van der Waals surface area (Å²) in [5.74, 6) is -2.02. The van der Waals surface area contributed by atoms with E-state index in [1.807, 2.05) is 6.92 Å². The maximum Gasteiger partial charge on any atom is 0.339 e. The van der Waals surface area contributed by atoms with Crippen molar-refractivity contribution in [2.24, 2.45) is 11.8 Å². The van der Waals surface area contributed by atoms with Gasteiger partial charge in [0.1, 0.15) is 5.00 Å². The number of carbonyl (C=O) groups excluding carboxylic acids is 2. The minimum atomic E-state index is -1.08. The molecule has 5 nitrogen and oxygen atoms in total. The van der Waals surface area contributed by atoms with E-state index in [4.69, 9.17) is 0 Å². The summed E-state index contributed by atoms with van der Waals surface area (Å²) in [6.07, 6.45) is 3.39. The molecule has 2 heterocycles. The summed E-state index contributed by atoms with van der Waals surface area (Å²) in [5, 5.41) is 9.70. The quantitative estimate of drug-likeness (QED) is 0.853. The SMILES string of the molecule is Cc1sc(N2C(=O)C3CCCCC3C2=O)c(C(=O)O)c1C. The van der Waals surface area contributed by atoms with Crippen molar-refractivity contribution in [1.29, 1.82) is 0 Å². The lowest BCUT2D eigenvalue weighted by Crippen LogP contribution is -2.31. The van der Waals surface area contributed by atoms with Gasteiger partial charge in [-0.25, -0.2) is 9.69 Å². The molecule has 3 rings (SSSR count). The Bertz CT molecular complexity index is 624. The van der Waals surface area contributed by atoms with Crippen LogP contribution in [-0.2, 0) is 9.59 Å². The van der Waals surface area contributed by atoms with Crippen molar-refractivity contribution in [3.05, 3.63) is 16.0 Å². The molecule has 0 bridgehead atoms. The zero-order valence-electron chi connectivity index (χ0n) is 12.0. The fourth-order valence-electron chi connectivity index (χ4n) is 3.38. The molecule has 1 saturated heterocycles. The van der Waals surface area contributed by atoms with Gasteiger partial charge in [0, 0.05) is 4.88 Å². The molecule has 6 heteroatoms. The largest absolute Gasteiger partial charge is 0.478 e. The summed E-state index contributed by atoms with van der Waals surface area (Å²) in [5.41, 5.74) is 0.732. The Labute approximate surface area is 126 Å². The smallest absolute Gasteiger partial charge is 0.339 e. The number of fused-ring (bicyclic) bond motifs is 1. The van der Waals surface area contributed by atoms with E-state index in [0.717, 1.165) is 35.5 Å². The van der Waals surface area contributed by atoms with Gasteiger partial charge in [-0.05, 0) is 32.3 Å². The summed E-state index contributed by atoms with van der Waals surface area (Å²) < 4.78 is 0. The van der Waals surface area contributed by atoms with E-state index >= 15 is 0 Å². The van der Waals surface area contributed by atoms with Crippen molar-refractivity contribution < 1.29 is 19.5 Å². The van der Waals surface area contributed by atoms with E-state index in [0.29, 0.717) is 10.6 Å². The lowest BCUT2D eigenvalue weighted by molar-refractivity contribution is -0.122. The predicted molar refractivity (Wildman–Crippen MR) is 78.7 cm³/mol. The van der Waals surface area contributed by atoms with Gasteiger partial charge in [0.2, 0.25) is 11.8 Å². The van der Waals surface area contributed by atoms with Crippen LogP contribution in [0.25, 0.3) is 0 Å². The van der Waals surface area contributed by atoms with Crippen LogP contribution in [0.4, 0.5) is 5.00 Å². The number of amides is 2. The van der Waals surface area contributed by atoms with Crippen LogP contribution >= 0.6 is 11.3 Å². The second-order valence-electron chi connectivity index (χ2n) is 5.78. The maximum atomic E-state index is 12.6. The van der Waals surface area contributed by atoms with E-state index < -0.39 is 5.97 Å². The van der Waals surface area contributed by atoms with Crippen LogP contribution in [-0.4, -0.2) is 22.9 Å². The number of hydrogen-bond acceptors (Lipinski definition) is 4. The molecular formula is C15H17NO4S. The minimum absolute atomic E-state index is 0.0952. The number of nitrogens with zero attached hydrogens (tertiary/aromatic N) is 1. The lowest BCUT2D eigenvalue weighted by Gasteiger charge is -2.19. The molecule has 112 valence electrons. The van der Waals surface area contributed by atoms with Crippen molar-refractivity contribution in [3.8, 4) is 0 Å². The normalized spacial score (nSPS) is 25.3. The molecular weight excluding hydrogens is 290 g/mol. The number of carboxylic acid groups (broad SMARTS) is 1. The summed E-state index contributed by atoms with van der Waals surface area (Å²) in [4.78, 5) is 38.6. The zero-order chi connectivity index (χ0) is 15.3. The highest BCUT2D eigenvalue weighted by Gasteiger charge is 2.50. The average Bonchev–Trinajstić information content (AvgIpc) is 2.87. The van der Waals surface area contributed by atoms with Gasteiger partial charge in [-0.15, -0.1) is 11.3 Å². The monoisotopic (exact) mass is 307 g/mol. The van der Waals surface area contributed by atoms with Crippen LogP contribution in [0.2, 0.25) is 0 Å². The van der Waals surface area contributed by atoms with E-state index in [-0.39, 0.29) is 29.2 Å². The minimum Gasteiger partial charge on any atom is -0.478 e. The number of anilines is 1. The lowest BCUT2D eigenvalue weighted by atomic mass is 9.81. The van der Waals surface area contributed by atoms with Crippen molar-refractivity contribution in [2.75, 3.05) is 4.90 Å². The molecule has 1 aromatic rings. The first-order valence-electron chi connectivity index (χ1n) is 7.14. The number of aromatic carboxylic acids is 1. The van der Waals surface area contributed by atoms with Gasteiger partial charge in [-0.2, -0.15) is 0 Å². The van der Waals surface area contributed by atoms with Gasteiger partial charge in [-0.3, -0.25) is 9.59 Å². The highest BCUT2D eigenvalue weighted by Crippen LogP contribution is 2.44. The molecule has 0 radical (unpaired) electrons. The van der Waals surface area contributed by atoms with Crippen LogP contribution < -0.4 is 4.90 Å². The Kier molecular flexibility index (Phi) is 3.36. The molecule has 1 aliphatic carbocycles. The number of carboxylic acids is 1. The first-order chi connectivity index (χ1) is 9.93. The number of hydrogen-bond donors (Lipinski definition) is 1. The fourth-order valence-corrected chi connectivity index (χ4v) is 4.54. The van der Waals surface area contributed by atoms with E-state index in [9.17, 15) is 19.5 Å². The van der Waals surface area contributed by atoms with E-state index in [1.54, 1.807) is 6.92 Å². The van der Waals surface area contributed by atoms with Crippen LogP contribution in [0.15, 0.2) is 0 Å². The second kappa shape index (κ2) is 4.94. The van der Waals surface area contributed by atoms with Crippen molar-refractivity contribution in [3.63, 3.8) is 0 Å². The van der Waals surface area contributed by atoms with Crippen molar-refractivity contribution in [2.45, 2.75) is 39.5 Å². The summed E-state index contributed by atoms with van der Waals surface area (Å²) >= 11 is 1.22. The Morgan fingerprint density at radius 2 is 1.67 bits per heavy atom. The molecule has 1 aromatic heterocycles. The van der Waals surface area contributed by atoms with Crippen LogP contribution in [0.3, 0.4) is 0 Å². The number of carbonyl (C=O) groups is 3. The molecule has 2 fully saturated rings. The Balaban J connectivity index is 2.09. The number of aryl methyl sites for hydroxylation is 1. The van der Waals surface area contributed by atoms with Crippen LogP contribution in [0.1, 0.15) is 46.5 Å². The van der Waals surface area contributed by atoms with Gasteiger partial charge in [0.05, 0.1) is 17.4 Å². The third-order valence-electron chi connectivity index (χ3n) is 4.62. The van der Waals surface area contributed by atoms with Gasteiger partial charge in [-0.1, -0.05) is 12.8 Å². The molecule has 2 amide bonds. The molecule has 1 saturated carbocycles. The summed E-state index contributed by atoms with van der Waals surface area (Å²) in [6, 6.07) is 0. The van der Waals surface area contributed by atoms with Crippen LogP contribution in [0.5, 0.6) is 0 Å². The predicted octanol–water partition coefficient (Wildman–Crippen LogP) is 2.74. The summed E-state index contributed by atoms with van der Waals surface area (Å²) in [7, 11) is 0. The number of thiophene rings is 1. The Hall–Kier alpha value is -1.69. The zero-order valence-corrected chi connectivity index (χ0v) is 12.8. The van der Waals surface area contributed by atoms with Crippen LogP contribution in [0, 0.1) is 25.7 Å². The van der Waals surface area contributed by atoms with Gasteiger partial charge >= 0.3 is 5.97 Å². The Morgan fingerprint density at radius 1 is 1.14 bits per heavy atom. The van der Waals surface area contributed by atoms with Gasteiger partial charge in [0.25, 0.3) is 0 Å². The number of imide groups is 1. The highest BCUT2D eigenvalue weighted by atomic mass is 32.1. The van der Waals surface area contributed by atoms with Crippen molar-refractivity contribution in [1.82, 2.24) is 0 Å². The maximum absolute atomic E-state index is 12.6. The van der Waals surface area contributed by atoms with Crippen molar-refractivity contribution >= 4 is 34.1 Å². The fraction of sp³-hybridized carbons (Fsp3) is 0.533. The average molecular weight is 307 g/mol. The molecule has 0 aromatic carbocycles. The first-order valence-corrected chi connectivity index (χ1v) is 7.96. The standard InChI is InChI=1S/C15H17NO4S/c1-7-8(2)21-14(11(7)15(19)20)16-12(17)9-5-3-4-6-10(9)13(16)18/h9-10H,3-6H2,1-2H3,(H,19,20). The third kappa shape index (κ3) is 2.00. The number of rotatable bonds is 2. The second-order valence-corrected chi connectivity index (χ2v) is 6.98. The van der Waals surface area contributed by atoms with E-state index in [2.05, 4.69) is 0 Å². The molecule has 1 aliphatic heterocycles. The summed E-state index contributed by atoms with van der Waals surface area (Å²) in [6.45, 7) is 3.53. The molecule has 2 atom stereocenters. The molecule has 1 N–H and O–H groups in total. The van der Waals surface area contributed by atoms with E-state index in [1.165, 1.54) is 11.3 Å². The highest BCUT2D eigenvalue weighted by molar-refractivity contribution is 7.17. The third-order valence-corrected chi connectivity index (χ3v) is 5.82. The molecule has 21 heavy (non-hydrogen) atoms.